The summed E-state index contributed by atoms with van der Waals surface area (Å²) >= 11 is 0. The molecule has 2 atom stereocenters. The highest BCUT2D eigenvalue weighted by atomic mass is 32.2. The van der Waals surface area contributed by atoms with Crippen molar-refractivity contribution >= 4 is 21.6 Å². The van der Waals surface area contributed by atoms with E-state index in [2.05, 4.69) is 9.62 Å². The zero-order valence-corrected chi connectivity index (χ0v) is 17.2. The van der Waals surface area contributed by atoms with Crippen molar-refractivity contribution < 1.29 is 13.2 Å². The first kappa shape index (κ1) is 20.1. The number of hydrogen-bond acceptors (Lipinski definition) is 4. The van der Waals surface area contributed by atoms with Gasteiger partial charge in [-0.3, -0.25) is 14.4 Å². The second kappa shape index (κ2) is 8.61. The number of para-hydroxylation sites is 1. The lowest BCUT2D eigenvalue weighted by Crippen LogP contribution is -2.53. The average Bonchev–Trinajstić information content (AvgIpc) is 3.16. The molecule has 3 rings (SSSR count). The van der Waals surface area contributed by atoms with Crippen LogP contribution in [0.5, 0.6) is 0 Å². The molecule has 150 valence electrons. The van der Waals surface area contributed by atoms with Gasteiger partial charge in [0.15, 0.2) is 0 Å². The summed E-state index contributed by atoms with van der Waals surface area (Å²) in [5.41, 5.74) is 1.20. The van der Waals surface area contributed by atoms with E-state index in [1.165, 1.54) is 25.7 Å². The molecule has 1 aliphatic heterocycles. The second-order valence-corrected chi connectivity index (χ2v) is 9.62. The van der Waals surface area contributed by atoms with Gasteiger partial charge in [-0.2, -0.15) is 0 Å². The SMILES string of the molecule is CN(C(=O)Cc1ccccc1NS(C)(=O)=O)[C@@H]1CCCC[C@H]1N1CCCC1. The first-order chi connectivity index (χ1) is 12.8. The Hall–Kier alpha value is -1.60. The standard InChI is InChI=1S/C20H31N3O3S/c1-22(18-11-5-6-12-19(18)23-13-7-8-14-23)20(24)15-16-9-3-4-10-17(16)21-27(2,25)26/h3-4,9-10,18-19,21H,5-8,11-15H2,1-2H3/t18-,19-/m1/s1. The number of likely N-dealkylation sites (tertiary alicyclic amines) is 1. The minimum absolute atomic E-state index is 0.0499. The quantitative estimate of drug-likeness (QED) is 0.806. The predicted molar refractivity (Wildman–Crippen MR) is 108 cm³/mol. The Kier molecular flexibility index (Phi) is 6.42. The van der Waals surface area contributed by atoms with Gasteiger partial charge in [-0.15, -0.1) is 0 Å². The smallest absolute Gasteiger partial charge is 0.229 e. The Balaban J connectivity index is 1.71. The van der Waals surface area contributed by atoms with E-state index in [0.29, 0.717) is 17.3 Å². The molecule has 1 N–H and O–H groups in total. The monoisotopic (exact) mass is 393 g/mol. The van der Waals surface area contributed by atoms with Crippen molar-refractivity contribution in [3.8, 4) is 0 Å². The van der Waals surface area contributed by atoms with Gasteiger partial charge in [-0.05, 0) is 50.4 Å². The van der Waals surface area contributed by atoms with Crippen molar-refractivity contribution in [3.63, 3.8) is 0 Å². The van der Waals surface area contributed by atoms with Gasteiger partial charge in [0, 0.05) is 19.1 Å². The van der Waals surface area contributed by atoms with Crippen molar-refractivity contribution in [2.75, 3.05) is 31.1 Å². The van der Waals surface area contributed by atoms with Crippen LogP contribution in [-0.2, 0) is 21.2 Å². The van der Waals surface area contributed by atoms with Gasteiger partial charge < -0.3 is 4.90 Å². The molecule has 2 fully saturated rings. The third-order valence-electron chi connectivity index (χ3n) is 5.85. The molecule has 6 nitrogen and oxygen atoms in total. The molecule has 7 heteroatoms. The van der Waals surface area contributed by atoms with Crippen LogP contribution in [0.25, 0.3) is 0 Å². The molecule has 27 heavy (non-hydrogen) atoms. The summed E-state index contributed by atoms with van der Waals surface area (Å²) in [6, 6.07) is 7.84. The summed E-state index contributed by atoms with van der Waals surface area (Å²) in [7, 11) is -1.47. The van der Waals surface area contributed by atoms with Gasteiger partial charge >= 0.3 is 0 Å². The number of carbonyl (C=O) groups excluding carboxylic acids is 1. The van der Waals surface area contributed by atoms with Crippen LogP contribution < -0.4 is 4.72 Å². The van der Waals surface area contributed by atoms with Crippen molar-refractivity contribution in [2.24, 2.45) is 0 Å². The normalized spacial score (nSPS) is 23.9. The Bertz CT molecular complexity index is 759. The number of hydrogen-bond donors (Lipinski definition) is 1. The van der Waals surface area contributed by atoms with Crippen LogP contribution in [0.1, 0.15) is 44.1 Å². The summed E-state index contributed by atoms with van der Waals surface area (Å²) < 4.78 is 25.7. The Labute approximate surface area is 163 Å². The highest BCUT2D eigenvalue weighted by Gasteiger charge is 2.35. The molecule has 1 heterocycles. The van der Waals surface area contributed by atoms with E-state index in [9.17, 15) is 13.2 Å². The third-order valence-corrected chi connectivity index (χ3v) is 6.44. The summed E-state index contributed by atoms with van der Waals surface area (Å²) in [4.78, 5) is 17.5. The zero-order chi connectivity index (χ0) is 19.4. The van der Waals surface area contributed by atoms with Gasteiger partial charge in [-0.25, -0.2) is 8.42 Å². The van der Waals surface area contributed by atoms with Gasteiger partial charge in [0.2, 0.25) is 15.9 Å². The largest absolute Gasteiger partial charge is 0.341 e. The Morgan fingerprint density at radius 2 is 1.81 bits per heavy atom. The van der Waals surface area contributed by atoms with E-state index in [1.54, 1.807) is 12.1 Å². The van der Waals surface area contributed by atoms with Crippen molar-refractivity contribution in [2.45, 2.75) is 57.0 Å². The lowest BCUT2D eigenvalue weighted by Gasteiger charge is -2.42. The van der Waals surface area contributed by atoms with E-state index in [-0.39, 0.29) is 18.4 Å². The molecular formula is C20H31N3O3S. The molecule has 1 saturated carbocycles. The summed E-state index contributed by atoms with van der Waals surface area (Å²) in [6.07, 6.45) is 8.45. The van der Waals surface area contributed by atoms with Gasteiger partial charge in [0.1, 0.15) is 0 Å². The number of rotatable bonds is 6. The van der Waals surface area contributed by atoms with Crippen LogP contribution in [0, 0.1) is 0 Å². The van der Waals surface area contributed by atoms with Gasteiger partial charge in [0.05, 0.1) is 18.4 Å². The number of anilines is 1. The maximum atomic E-state index is 13.0. The molecule has 0 unspecified atom stereocenters. The first-order valence-electron chi connectivity index (χ1n) is 9.90. The van der Waals surface area contributed by atoms with Crippen molar-refractivity contribution in [1.29, 1.82) is 0 Å². The van der Waals surface area contributed by atoms with E-state index in [4.69, 9.17) is 0 Å². The van der Waals surface area contributed by atoms with Crippen molar-refractivity contribution in [1.82, 2.24) is 9.80 Å². The van der Waals surface area contributed by atoms with E-state index in [0.717, 1.165) is 32.2 Å². The third kappa shape index (κ3) is 5.23. The minimum Gasteiger partial charge on any atom is -0.341 e. The molecule has 1 aliphatic carbocycles. The number of sulfonamides is 1. The zero-order valence-electron chi connectivity index (χ0n) is 16.4. The minimum atomic E-state index is -3.38. The van der Waals surface area contributed by atoms with E-state index in [1.807, 2.05) is 24.1 Å². The van der Waals surface area contributed by atoms with Crippen LogP contribution in [0.15, 0.2) is 24.3 Å². The van der Waals surface area contributed by atoms with Crippen molar-refractivity contribution in [3.05, 3.63) is 29.8 Å². The number of nitrogens with zero attached hydrogens (tertiary/aromatic N) is 2. The van der Waals surface area contributed by atoms with Crippen LogP contribution in [-0.4, -0.2) is 62.6 Å². The van der Waals surface area contributed by atoms with Crippen LogP contribution in [0.4, 0.5) is 5.69 Å². The maximum absolute atomic E-state index is 13.0. The highest BCUT2D eigenvalue weighted by Crippen LogP contribution is 2.29. The highest BCUT2D eigenvalue weighted by molar-refractivity contribution is 7.92. The topological polar surface area (TPSA) is 69.7 Å². The molecule has 1 saturated heterocycles. The van der Waals surface area contributed by atoms with Gasteiger partial charge in [-0.1, -0.05) is 31.0 Å². The van der Waals surface area contributed by atoms with Gasteiger partial charge in [0.25, 0.3) is 0 Å². The van der Waals surface area contributed by atoms with Crippen LogP contribution in [0.3, 0.4) is 0 Å². The fourth-order valence-electron chi connectivity index (χ4n) is 4.49. The molecule has 0 spiro atoms. The summed E-state index contributed by atoms with van der Waals surface area (Å²) in [5.74, 6) is 0.0499. The fraction of sp³-hybridized carbons (Fsp3) is 0.650. The number of carbonyl (C=O) groups is 1. The second-order valence-electron chi connectivity index (χ2n) is 7.88. The lowest BCUT2D eigenvalue weighted by atomic mass is 9.88. The number of amides is 1. The molecule has 1 aromatic rings. The maximum Gasteiger partial charge on any atom is 0.229 e. The van der Waals surface area contributed by atoms with Crippen LogP contribution >= 0.6 is 0 Å². The average molecular weight is 394 g/mol. The molecule has 1 amide bonds. The molecule has 0 radical (unpaired) electrons. The van der Waals surface area contributed by atoms with Crippen LogP contribution in [0.2, 0.25) is 0 Å². The number of nitrogens with one attached hydrogen (secondary N) is 1. The molecule has 0 bridgehead atoms. The lowest BCUT2D eigenvalue weighted by molar-refractivity contribution is -0.133. The fourth-order valence-corrected chi connectivity index (χ4v) is 5.09. The number of likely N-dealkylation sites (N-methyl/N-ethyl adjacent to an activating group) is 1. The summed E-state index contributed by atoms with van der Waals surface area (Å²) in [5, 5.41) is 0. The summed E-state index contributed by atoms with van der Waals surface area (Å²) in [6.45, 7) is 2.29. The number of benzene rings is 1. The molecule has 0 aromatic heterocycles. The molecule has 1 aromatic carbocycles. The van der Waals surface area contributed by atoms with E-state index >= 15 is 0 Å². The first-order valence-corrected chi connectivity index (χ1v) is 11.8. The Morgan fingerprint density at radius 3 is 2.52 bits per heavy atom. The molecule has 2 aliphatic rings. The Morgan fingerprint density at radius 1 is 1.15 bits per heavy atom. The predicted octanol–water partition coefficient (Wildman–Crippen LogP) is 2.47. The van der Waals surface area contributed by atoms with E-state index < -0.39 is 10.0 Å². The molecular weight excluding hydrogens is 362 g/mol.